The molecule has 0 aliphatic heterocycles. The van der Waals surface area contributed by atoms with Gasteiger partial charge in [0.25, 0.3) is 5.91 Å². The van der Waals surface area contributed by atoms with Crippen LogP contribution >= 0.6 is 0 Å². The van der Waals surface area contributed by atoms with E-state index in [0.717, 1.165) is 17.7 Å². The van der Waals surface area contributed by atoms with Crippen molar-refractivity contribution >= 4 is 16.9 Å². The third kappa shape index (κ3) is 6.54. The van der Waals surface area contributed by atoms with Gasteiger partial charge in [-0.25, -0.2) is 4.98 Å². The summed E-state index contributed by atoms with van der Waals surface area (Å²) in [7, 11) is 3.89. The first-order valence-corrected chi connectivity index (χ1v) is 11.2. The lowest BCUT2D eigenvalue weighted by atomic mass is 10.2. The van der Waals surface area contributed by atoms with Gasteiger partial charge in [0.1, 0.15) is 24.4 Å². The Bertz CT molecular complexity index is 1330. The number of imidazole rings is 1. The standard InChI is InChI=1S/C26H25F3N4O3/c1-32(2)13-12-30-25(34)19-8-11-24-23(14-19)31-17-33(24)20-4-3-5-22(15-20)35-16-18-6-9-21(10-7-18)36-26(27,28)29/h3-11,14-15,17H,12-13,16H2,1-2H3,(H,30,34). The molecule has 0 aliphatic carbocycles. The minimum absolute atomic E-state index is 0.151. The second-order valence-corrected chi connectivity index (χ2v) is 8.36. The van der Waals surface area contributed by atoms with E-state index in [9.17, 15) is 18.0 Å². The molecule has 0 fully saturated rings. The summed E-state index contributed by atoms with van der Waals surface area (Å²) in [5.74, 6) is 0.151. The van der Waals surface area contributed by atoms with Crippen LogP contribution in [-0.2, 0) is 6.61 Å². The molecule has 0 atom stereocenters. The highest BCUT2D eigenvalue weighted by Crippen LogP contribution is 2.25. The quantitative estimate of drug-likeness (QED) is 0.359. The van der Waals surface area contributed by atoms with Gasteiger partial charge in [-0.2, -0.15) is 0 Å². The number of hydrogen-bond acceptors (Lipinski definition) is 5. The van der Waals surface area contributed by atoms with E-state index >= 15 is 0 Å². The van der Waals surface area contributed by atoms with E-state index in [2.05, 4.69) is 15.0 Å². The minimum Gasteiger partial charge on any atom is -0.489 e. The molecule has 0 radical (unpaired) electrons. The van der Waals surface area contributed by atoms with Gasteiger partial charge in [-0.3, -0.25) is 9.36 Å². The van der Waals surface area contributed by atoms with Crippen molar-refractivity contribution in [3.63, 3.8) is 0 Å². The summed E-state index contributed by atoms with van der Waals surface area (Å²) in [5.41, 5.74) is 3.56. The number of alkyl halides is 3. The van der Waals surface area contributed by atoms with Crippen LogP contribution in [0.15, 0.2) is 73.1 Å². The molecule has 0 aliphatic rings. The molecule has 0 spiro atoms. The lowest BCUT2D eigenvalue weighted by Gasteiger charge is -2.11. The summed E-state index contributed by atoms with van der Waals surface area (Å²) in [6.07, 6.45) is -3.05. The van der Waals surface area contributed by atoms with E-state index in [-0.39, 0.29) is 18.3 Å². The molecule has 1 amide bonds. The molecule has 0 saturated heterocycles. The molecule has 3 aromatic carbocycles. The number of amides is 1. The van der Waals surface area contributed by atoms with Crippen molar-refractivity contribution in [2.24, 2.45) is 0 Å². The molecule has 4 rings (SSSR count). The van der Waals surface area contributed by atoms with Gasteiger partial charge in [-0.05, 0) is 62.1 Å². The van der Waals surface area contributed by atoms with E-state index in [1.807, 2.05) is 47.8 Å². The molecule has 1 heterocycles. The van der Waals surface area contributed by atoms with Crippen LogP contribution in [0, 0.1) is 0 Å². The predicted molar refractivity (Wildman–Crippen MR) is 129 cm³/mol. The van der Waals surface area contributed by atoms with E-state index in [1.54, 1.807) is 24.5 Å². The summed E-state index contributed by atoms with van der Waals surface area (Å²) in [4.78, 5) is 18.9. The van der Waals surface area contributed by atoms with Crippen molar-refractivity contribution in [1.82, 2.24) is 19.8 Å². The number of rotatable bonds is 9. The van der Waals surface area contributed by atoms with Crippen molar-refractivity contribution in [2.75, 3.05) is 27.2 Å². The first kappa shape index (κ1) is 25.1. The SMILES string of the molecule is CN(C)CCNC(=O)c1ccc2c(c1)ncn2-c1cccc(OCc2ccc(OC(F)(F)F)cc2)c1. The zero-order chi connectivity index (χ0) is 25.7. The maximum Gasteiger partial charge on any atom is 0.573 e. The van der Waals surface area contributed by atoms with Crippen molar-refractivity contribution in [2.45, 2.75) is 13.0 Å². The highest BCUT2D eigenvalue weighted by atomic mass is 19.4. The number of aromatic nitrogens is 2. The van der Waals surface area contributed by atoms with Gasteiger partial charge in [0.15, 0.2) is 0 Å². The van der Waals surface area contributed by atoms with Crippen LogP contribution in [-0.4, -0.2) is 53.9 Å². The Morgan fingerprint density at radius 1 is 1.03 bits per heavy atom. The van der Waals surface area contributed by atoms with Gasteiger partial charge in [0.05, 0.1) is 16.7 Å². The van der Waals surface area contributed by atoms with Crippen LogP contribution in [0.5, 0.6) is 11.5 Å². The third-order valence-corrected chi connectivity index (χ3v) is 5.31. The molecular formula is C26H25F3N4O3. The smallest absolute Gasteiger partial charge is 0.489 e. The summed E-state index contributed by atoms with van der Waals surface area (Å²) < 4.78 is 48.6. The molecule has 0 bridgehead atoms. The zero-order valence-electron chi connectivity index (χ0n) is 19.7. The predicted octanol–water partition coefficient (Wildman–Crippen LogP) is 4.79. The zero-order valence-corrected chi connectivity index (χ0v) is 19.7. The van der Waals surface area contributed by atoms with Crippen LogP contribution in [0.2, 0.25) is 0 Å². The normalized spacial score (nSPS) is 11.6. The number of nitrogens with one attached hydrogen (secondary N) is 1. The average Bonchev–Trinajstić information content (AvgIpc) is 3.26. The molecule has 1 N–H and O–H groups in total. The number of carbonyl (C=O) groups excluding carboxylic acids is 1. The first-order chi connectivity index (χ1) is 17.2. The molecule has 188 valence electrons. The Morgan fingerprint density at radius 2 is 1.81 bits per heavy atom. The Kier molecular flexibility index (Phi) is 7.44. The molecule has 0 saturated carbocycles. The number of fused-ring (bicyclic) bond motifs is 1. The summed E-state index contributed by atoms with van der Waals surface area (Å²) in [6, 6.07) is 18.3. The summed E-state index contributed by atoms with van der Waals surface area (Å²) in [6.45, 7) is 1.47. The summed E-state index contributed by atoms with van der Waals surface area (Å²) in [5, 5.41) is 2.89. The second-order valence-electron chi connectivity index (χ2n) is 8.36. The maximum atomic E-state index is 12.4. The molecule has 4 aromatic rings. The van der Waals surface area contributed by atoms with E-state index in [4.69, 9.17) is 4.74 Å². The lowest BCUT2D eigenvalue weighted by Crippen LogP contribution is -2.31. The fraction of sp³-hybridized carbons (Fsp3) is 0.231. The second kappa shape index (κ2) is 10.7. The van der Waals surface area contributed by atoms with Crippen LogP contribution < -0.4 is 14.8 Å². The van der Waals surface area contributed by atoms with E-state index in [0.29, 0.717) is 28.9 Å². The molecule has 7 nitrogen and oxygen atoms in total. The molecular weight excluding hydrogens is 473 g/mol. The molecule has 1 aromatic heterocycles. The number of halogens is 3. The van der Waals surface area contributed by atoms with Crippen LogP contribution in [0.25, 0.3) is 16.7 Å². The highest BCUT2D eigenvalue weighted by molar-refractivity contribution is 5.97. The molecule has 36 heavy (non-hydrogen) atoms. The largest absolute Gasteiger partial charge is 0.573 e. The van der Waals surface area contributed by atoms with Crippen LogP contribution in [0.3, 0.4) is 0 Å². The Labute approximate surface area is 206 Å². The van der Waals surface area contributed by atoms with Crippen molar-refractivity contribution in [3.05, 3.63) is 84.2 Å². The van der Waals surface area contributed by atoms with Gasteiger partial charge < -0.3 is 19.7 Å². The number of likely N-dealkylation sites (N-methyl/N-ethyl adjacent to an activating group) is 1. The van der Waals surface area contributed by atoms with Gasteiger partial charge >= 0.3 is 6.36 Å². The average molecular weight is 499 g/mol. The van der Waals surface area contributed by atoms with Gasteiger partial charge in [-0.15, -0.1) is 13.2 Å². The minimum atomic E-state index is -4.73. The van der Waals surface area contributed by atoms with E-state index < -0.39 is 6.36 Å². The van der Waals surface area contributed by atoms with E-state index in [1.165, 1.54) is 24.3 Å². The van der Waals surface area contributed by atoms with Gasteiger partial charge in [0, 0.05) is 24.7 Å². The fourth-order valence-electron chi connectivity index (χ4n) is 3.53. The number of nitrogens with zero attached hydrogens (tertiary/aromatic N) is 3. The first-order valence-electron chi connectivity index (χ1n) is 11.2. The fourth-order valence-corrected chi connectivity index (χ4v) is 3.53. The summed E-state index contributed by atoms with van der Waals surface area (Å²) >= 11 is 0. The number of ether oxygens (including phenoxy) is 2. The van der Waals surface area contributed by atoms with Crippen molar-refractivity contribution in [1.29, 1.82) is 0 Å². The van der Waals surface area contributed by atoms with Crippen LogP contribution in [0.4, 0.5) is 13.2 Å². The maximum absolute atomic E-state index is 12.4. The monoisotopic (exact) mass is 498 g/mol. The molecule has 0 unspecified atom stereocenters. The van der Waals surface area contributed by atoms with Crippen molar-refractivity contribution in [3.8, 4) is 17.2 Å². The van der Waals surface area contributed by atoms with Crippen LogP contribution in [0.1, 0.15) is 15.9 Å². The molecule has 10 heteroatoms. The Morgan fingerprint density at radius 3 is 2.53 bits per heavy atom. The lowest BCUT2D eigenvalue weighted by molar-refractivity contribution is -0.274. The third-order valence-electron chi connectivity index (χ3n) is 5.31. The van der Waals surface area contributed by atoms with Gasteiger partial charge in [0.2, 0.25) is 0 Å². The number of carbonyl (C=O) groups is 1. The highest BCUT2D eigenvalue weighted by Gasteiger charge is 2.30. The Hall–Kier alpha value is -4.05. The van der Waals surface area contributed by atoms with Gasteiger partial charge in [-0.1, -0.05) is 18.2 Å². The Balaban J connectivity index is 1.43. The van der Waals surface area contributed by atoms with Crippen molar-refractivity contribution < 1.29 is 27.4 Å². The topological polar surface area (TPSA) is 68.6 Å². The number of hydrogen-bond donors (Lipinski definition) is 1. The number of benzene rings is 3.